The highest BCUT2D eigenvalue weighted by atomic mass is 79.9. The number of rotatable bonds is 5. The Morgan fingerprint density at radius 2 is 1.93 bits per heavy atom. The fourth-order valence-corrected chi connectivity index (χ4v) is 5.15. The maximum Gasteiger partial charge on any atom is 0.243 e. The molecule has 0 bridgehead atoms. The first-order valence-electron chi connectivity index (χ1n) is 8.49. The van der Waals surface area contributed by atoms with Crippen LogP contribution in [0.15, 0.2) is 39.8 Å². The quantitative estimate of drug-likeness (QED) is 0.720. The number of hydrogen-bond acceptors (Lipinski definition) is 4. The number of aromatic nitrogens is 2. The lowest BCUT2D eigenvalue weighted by Gasteiger charge is -2.30. The van der Waals surface area contributed by atoms with Crippen molar-refractivity contribution >= 4 is 43.5 Å². The average molecular weight is 476 g/mol. The number of aryl methyl sites for hydroxylation is 1. The molecule has 7 nitrogen and oxygen atoms in total. The lowest BCUT2D eigenvalue weighted by Crippen LogP contribution is -2.43. The molecule has 0 atom stereocenters. The van der Waals surface area contributed by atoms with Gasteiger partial charge in [0.2, 0.25) is 15.9 Å². The van der Waals surface area contributed by atoms with Gasteiger partial charge in [0.1, 0.15) is 0 Å². The number of amides is 1. The van der Waals surface area contributed by atoms with Gasteiger partial charge in [-0.1, -0.05) is 11.6 Å². The molecule has 1 saturated heterocycles. The molecule has 1 amide bonds. The first-order valence-corrected chi connectivity index (χ1v) is 11.1. The molecule has 146 valence electrons. The molecule has 1 fully saturated rings. The van der Waals surface area contributed by atoms with Crippen molar-refractivity contribution in [1.29, 1.82) is 0 Å². The number of carbonyl (C=O) groups excluding carboxylic acids is 1. The van der Waals surface area contributed by atoms with Crippen molar-refractivity contribution in [3.8, 4) is 0 Å². The Bertz CT molecular complexity index is 903. The third-order valence-electron chi connectivity index (χ3n) is 4.72. The van der Waals surface area contributed by atoms with Crippen LogP contribution in [0.5, 0.6) is 0 Å². The van der Waals surface area contributed by atoms with Crippen LogP contribution in [-0.2, 0) is 28.4 Å². The summed E-state index contributed by atoms with van der Waals surface area (Å²) < 4.78 is 29.4. The van der Waals surface area contributed by atoms with E-state index in [2.05, 4.69) is 26.3 Å². The highest BCUT2D eigenvalue weighted by Crippen LogP contribution is 2.25. The Balaban J connectivity index is 1.56. The summed E-state index contributed by atoms with van der Waals surface area (Å²) in [5, 5.41) is 7.52. The number of carbonyl (C=O) groups is 1. The lowest BCUT2D eigenvalue weighted by molar-refractivity contribution is -0.126. The molecule has 2 aromatic rings. The van der Waals surface area contributed by atoms with Crippen LogP contribution in [0.4, 0.5) is 0 Å². The van der Waals surface area contributed by atoms with E-state index in [1.54, 1.807) is 23.0 Å². The van der Waals surface area contributed by atoms with Gasteiger partial charge >= 0.3 is 0 Å². The van der Waals surface area contributed by atoms with Gasteiger partial charge in [0.25, 0.3) is 0 Å². The monoisotopic (exact) mass is 474 g/mol. The van der Waals surface area contributed by atoms with Gasteiger partial charge < -0.3 is 5.32 Å². The minimum Gasteiger partial charge on any atom is -0.350 e. The van der Waals surface area contributed by atoms with Crippen LogP contribution >= 0.6 is 27.5 Å². The molecule has 1 aliphatic heterocycles. The van der Waals surface area contributed by atoms with Crippen molar-refractivity contribution in [1.82, 2.24) is 19.4 Å². The van der Waals surface area contributed by atoms with Gasteiger partial charge in [-0.2, -0.15) is 9.40 Å². The largest absolute Gasteiger partial charge is 0.350 e. The van der Waals surface area contributed by atoms with Gasteiger partial charge in [-0.15, -0.1) is 0 Å². The van der Waals surface area contributed by atoms with E-state index < -0.39 is 10.0 Å². The van der Waals surface area contributed by atoms with Gasteiger partial charge in [-0.25, -0.2) is 8.42 Å². The Labute approximate surface area is 171 Å². The predicted molar refractivity (Wildman–Crippen MR) is 106 cm³/mol. The summed E-state index contributed by atoms with van der Waals surface area (Å²) in [5.41, 5.74) is 0.881. The number of nitrogens with zero attached hydrogens (tertiary/aromatic N) is 3. The van der Waals surface area contributed by atoms with Gasteiger partial charge in [-0.3, -0.25) is 9.48 Å². The van der Waals surface area contributed by atoms with Crippen molar-refractivity contribution in [2.45, 2.75) is 24.3 Å². The fourth-order valence-electron chi connectivity index (χ4n) is 3.06. The SMILES string of the molecule is Cn1ncc(Br)c1CNC(=O)C1CCN(S(=O)(=O)c2ccc(Cl)cc2)CC1. The first-order chi connectivity index (χ1) is 12.8. The summed E-state index contributed by atoms with van der Waals surface area (Å²) in [4.78, 5) is 12.7. The summed E-state index contributed by atoms with van der Waals surface area (Å²) >= 11 is 9.23. The molecule has 2 heterocycles. The molecule has 3 rings (SSSR count). The number of hydrogen-bond donors (Lipinski definition) is 1. The molecule has 0 radical (unpaired) electrons. The minimum absolute atomic E-state index is 0.0633. The number of sulfonamides is 1. The van der Waals surface area contributed by atoms with Crippen molar-refractivity contribution in [3.63, 3.8) is 0 Å². The summed E-state index contributed by atoms with van der Waals surface area (Å²) in [6, 6.07) is 6.13. The third-order valence-corrected chi connectivity index (χ3v) is 7.54. The summed E-state index contributed by atoms with van der Waals surface area (Å²) in [7, 11) is -1.75. The van der Waals surface area contributed by atoms with E-state index >= 15 is 0 Å². The summed E-state index contributed by atoms with van der Waals surface area (Å²) in [5.74, 6) is -0.264. The van der Waals surface area contributed by atoms with Crippen molar-refractivity contribution < 1.29 is 13.2 Å². The van der Waals surface area contributed by atoms with E-state index in [0.717, 1.165) is 10.2 Å². The van der Waals surface area contributed by atoms with Crippen LogP contribution in [0.3, 0.4) is 0 Å². The molecule has 10 heteroatoms. The smallest absolute Gasteiger partial charge is 0.243 e. The summed E-state index contributed by atoms with van der Waals surface area (Å²) in [6.45, 7) is 1.01. The zero-order chi connectivity index (χ0) is 19.6. The molecule has 0 saturated carbocycles. The second-order valence-corrected chi connectivity index (χ2v) is 9.64. The first kappa shape index (κ1) is 20.3. The average Bonchev–Trinajstić information content (AvgIpc) is 2.98. The molecule has 0 spiro atoms. The Kier molecular flexibility index (Phi) is 6.25. The highest BCUT2D eigenvalue weighted by Gasteiger charge is 2.32. The molecule has 1 aromatic heterocycles. The zero-order valence-corrected chi connectivity index (χ0v) is 17.9. The van der Waals surface area contributed by atoms with Gasteiger partial charge in [0.05, 0.1) is 27.8 Å². The summed E-state index contributed by atoms with van der Waals surface area (Å²) in [6.07, 6.45) is 2.66. The normalized spacial score (nSPS) is 16.4. The van der Waals surface area contributed by atoms with Crippen molar-refractivity contribution in [2.75, 3.05) is 13.1 Å². The van der Waals surface area contributed by atoms with Gasteiger partial charge in [0, 0.05) is 31.1 Å². The molecule has 1 aliphatic rings. The van der Waals surface area contributed by atoms with Crippen LogP contribution in [0.1, 0.15) is 18.5 Å². The van der Waals surface area contributed by atoms with E-state index in [4.69, 9.17) is 11.6 Å². The molecule has 1 aromatic carbocycles. The maximum atomic E-state index is 12.7. The lowest BCUT2D eigenvalue weighted by atomic mass is 9.97. The fraction of sp³-hybridized carbons (Fsp3) is 0.412. The Morgan fingerprint density at radius 3 is 2.48 bits per heavy atom. The third kappa shape index (κ3) is 4.53. The van der Waals surface area contributed by atoms with E-state index in [9.17, 15) is 13.2 Å². The second-order valence-electron chi connectivity index (χ2n) is 6.41. The number of benzene rings is 1. The number of piperidine rings is 1. The van der Waals surface area contributed by atoms with Crippen LogP contribution in [-0.4, -0.2) is 41.5 Å². The maximum absolute atomic E-state index is 12.7. The van der Waals surface area contributed by atoms with Gasteiger partial charge in [0.15, 0.2) is 0 Å². The van der Waals surface area contributed by atoms with Crippen molar-refractivity contribution in [3.05, 3.63) is 45.7 Å². The van der Waals surface area contributed by atoms with Crippen molar-refractivity contribution in [2.24, 2.45) is 13.0 Å². The molecule has 0 unspecified atom stereocenters. The topological polar surface area (TPSA) is 84.3 Å². The standard InChI is InChI=1S/C17H20BrClN4O3S/c1-22-16(15(18)10-21-22)11-20-17(24)12-6-8-23(9-7-12)27(25,26)14-4-2-13(19)3-5-14/h2-5,10,12H,6-9,11H2,1H3,(H,20,24). The van der Waals surface area contributed by atoms with Crippen LogP contribution in [0, 0.1) is 5.92 Å². The van der Waals surface area contributed by atoms with E-state index in [-0.39, 0.29) is 16.7 Å². The minimum atomic E-state index is -3.56. The molecular formula is C17H20BrClN4O3S. The number of halogens is 2. The highest BCUT2D eigenvalue weighted by molar-refractivity contribution is 9.10. The van der Waals surface area contributed by atoms with Crippen LogP contribution < -0.4 is 5.32 Å². The van der Waals surface area contributed by atoms with E-state index in [1.807, 2.05) is 7.05 Å². The molecular weight excluding hydrogens is 456 g/mol. The molecule has 27 heavy (non-hydrogen) atoms. The van der Waals surface area contributed by atoms with Gasteiger partial charge in [-0.05, 0) is 53.0 Å². The molecule has 1 N–H and O–H groups in total. The van der Waals surface area contributed by atoms with Crippen LogP contribution in [0.2, 0.25) is 5.02 Å². The van der Waals surface area contributed by atoms with E-state index in [1.165, 1.54) is 16.4 Å². The van der Waals surface area contributed by atoms with Crippen LogP contribution in [0.25, 0.3) is 0 Å². The zero-order valence-electron chi connectivity index (χ0n) is 14.7. The van der Waals surface area contributed by atoms with E-state index in [0.29, 0.717) is 37.5 Å². The second kappa shape index (κ2) is 8.30. The molecule has 0 aliphatic carbocycles. The Morgan fingerprint density at radius 1 is 1.30 bits per heavy atom. The predicted octanol–water partition coefficient (Wildman–Crippen LogP) is 2.55. The number of nitrogens with one attached hydrogen (secondary N) is 1. The Hall–Kier alpha value is -1.42.